The van der Waals surface area contributed by atoms with Gasteiger partial charge in [0.15, 0.2) is 0 Å². The lowest BCUT2D eigenvalue weighted by atomic mass is 10.2. The third kappa shape index (κ3) is 3.06. The molecule has 1 rings (SSSR count). The summed E-state index contributed by atoms with van der Waals surface area (Å²) in [6.45, 7) is 0. The molecule has 0 radical (unpaired) electrons. The van der Waals surface area contributed by atoms with Gasteiger partial charge >= 0.3 is 0 Å². The van der Waals surface area contributed by atoms with Crippen molar-refractivity contribution in [3.05, 3.63) is 29.8 Å². The predicted molar refractivity (Wildman–Crippen MR) is 53.4 cm³/mol. The molecular weight excluding hydrogens is 204 g/mol. The van der Waals surface area contributed by atoms with Crippen molar-refractivity contribution < 1.29 is 13.2 Å². The molecule has 0 aromatic heterocycles. The van der Waals surface area contributed by atoms with Crippen LogP contribution in [0, 0.1) is 0 Å². The van der Waals surface area contributed by atoms with Crippen molar-refractivity contribution in [2.75, 3.05) is 11.0 Å². The Hall–Kier alpha value is -1.56. The summed E-state index contributed by atoms with van der Waals surface area (Å²) in [5, 5.41) is 0. The molecule has 0 spiro atoms. The van der Waals surface area contributed by atoms with E-state index in [4.69, 9.17) is 5.73 Å². The van der Waals surface area contributed by atoms with Gasteiger partial charge in [-0.05, 0) is 24.3 Å². The molecule has 0 unspecified atom stereocenters. The van der Waals surface area contributed by atoms with Crippen molar-refractivity contribution in [2.24, 2.45) is 5.73 Å². The van der Waals surface area contributed by atoms with Crippen LogP contribution in [0.5, 0.6) is 0 Å². The number of hydrogen-bond acceptors (Lipinski definition) is 3. The summed E-state index contributed by atoms with van der Waals surface area (Å²) in [6, 6.07) is 5.86. The number of carbonyl (C=O) groups is 1. The molecule has 1 amide bonds. The van der Waals surface area contributed by atoms with Gasteiger partial charge in [-0.3, -0.25) is 9.52 Å². The number of nitrogens with one attached hydrogen (secondary N) is 1. The lowest BCUT2D eigenvalue weighted by molar-refractivity contribution is 0.100. The average Bonchev–Trinajstić information content (AvgIpc) is 2.02. The first kappa shape index (κ1) is 10.5. The standard InChI is InChI=1S/C8H10N2O3S/c1-14(12,13)10-7-4-2-6(3-5-7)8(9)11/h2-5,10H,1H3,(H2,9,11). The minimum atomic E-state index is -3.28. The summed E-state index contributed by atoms with van der Waals surface area (Å²) in [5.74, 6) is -0.545. The van der Waals surface area contributed by atoms with Gasteiger partial charge in [-0.15, -0.1) is 0 Å². The number of primary amides is 1. The molecule has 76 valence electrons. The third-order valence-corrected chi connectivity index (χ3v) is 2.08. The van der Waals surface area contributed by atoms with Crippen LogP contribution < -0.4 is 10.5 Å². The van der Waals surface area contributed by atoms with E-state index in [1.807, 2.05) is 0 Å². The van der Waals surface area contributed by atoms with Crippen LogP contribution in [0.3, 0.4) is 0 Å². The van der Waals surface area contributed by atoms with E-state index in [2.05, 4.69) is 4.72 Å². The Morgan fingerprint density at radius 3 is 2.14 bits per heavy atom. The number of amides is 1. The molecule has 0 saturated heterocycles. The van der Waals surface area contributed by atoms with Gasteiger partial charge < -0.3 is 5.73 Å². The van der Waals surface area contributed by atoms with Gasteiger partial charge in [0.2, 0.25) is 15.9 Å². The minimum Gasteiger partial charge on any atom is -0.366 e. The van der Waals surface area contributed by atoms with Gasteiger partial charge in [0.25, 0.3) is 0 Å². The molecule has 0 aliphatic heterocycles. The Balaban J connectivity index is 2.90. The maximum Gasteiger partial charge on any atom is 0.248 e. The molecule has 1 aromatic rings. The van der Waals surface area contributed by atoms with Gasteiger partial charge in [0.1, 0.15) is 0 Å². The monoisotopic (exact) mass is 214 g/mol. The quantitative estimate of drug-likeness (QED) is 0.750. The second kappa shape index (κ2) is 3.67. The maximum absolute atomic E-state index is 10.8. The molecule has 0 bridgehead atoms. The van der Waals surface area contributed by atoms with Crippen LogP contribution >= 0.6 is 0 Å². The van der Waals surface area contributed by atoms with Crippen LogP contribution in [0.15, 0.2) is 24.3 Å². The van der Waals surface area contributed by atoms with Crippen molar-refractivity contribution in [1.29, 1.82) is 0 Å². The zero-order valence-electron chi connectivity index (χ0n) is 7.52. The van der Waals surface area contributed by atoms with Crippen LogP contribution in [0.2, 0.25) is 0 Å². The number of anilines is 1. The lowest BCUT2D eigenvalue weighted by Crippen LogP contribution is -2.12. The second-order valence-electron chi connectivity index (χ2n) is 2.82. The maximum atomic E-state index is 10.8. The van der Waals surface area contributed by atoms with E-state index < -0.39 is 15.9 Å². The SMILES string of the molecule is CS(=O)(=O)Nc1ccc(C(N)=O)cc1. The fraction of sp³-hybridized carbons (Fsp3) is 0.125. The number of sulfonamides is 1. The van der Waals surface area contributed by atoms with E-state index in [0.717, 1.165) is 6.26 Å². The summed E-state index contributed by atoms with van der Waals surface area (Å²) in [7, 11) is -3.28. The Kier molecular flexibility index (Phi) is 2.76. The largest absolute Gasteiger partial charge is 0.366 e. The van der Waals surface area contributed by atoms with E-state index in [1.54, 1.807) is 0 Å². The molecule has 1 aromatic carbocycles. The van der Waals surface area contributed by atoms with Gasteiger partial charge in [0.05, 0.1) is 6.26 Å². The van der Waals surface area contributed by atoms with Gasteiger partial charge in [-0.25, -0.2) is 8.42 Å². The molecule has 0 aliphatic rings. The smallest absolute Gasteiger partial charge is 0.248 e. The van der Waals surface area contributed by atoms with E-state index in [1.165, 1.54) is 24.3 Å². The first-order valence-electron chi connectivity index (χ1n) is 3.76. The van der Waals surface area contributed by atoms with E-state index in [9.17, 15) is 13.2 Å². The number of rotatable bonds is 3. The van der Waals surface area contributed by atoms with E-state index in [0.29, 0.717) is 11.3 Å². The van der Waals surface area contributed by atoms with Crippen molar-refractivity contribution in [1.82, 2.24) is 0 Å². The summed E-state index contributed by atoms with van der Waals surface area (Å²) in [4.78, 5) is 10.7. The Morgan fingerprint density at radius 1 is 1.29 bits per heavy atom. The zero-order valence-corrected chi connectivity index (χ0v) is 8.34. The van der Waals surface area contributed by atoms with Crippen molar-refractivity contribution in [2.45, 2.75) is 0 Å². The number of hydrogen-bond donors (Lipinski definition) is 2. The highest BCUT2D eigenvalue weighted by Gasteiger charge is 2.03. The first-order chi connectivity index (χ1) is 6.38. The van der Waals surface area contributed by atoms with Gasteiger partial charge in [-0.2, -0.15) is 0 Å². The molecule has 14 heavy (non-hydrogen) atoms. The predicted octanol–water partition coefficient (Wildman–Crippen LogP) is 0.157. The molecule has 5 nitrogen and oxygen atoms in total. The molecule has 0 aliphatic carbocycles. The summed E-state index contributed by atoms with van der Waals surface area (Å²) in [6.07, 6.45) is 1.05. The minimum absolute atomic E-state index is 0.337. The van der Waals surface area contributed by atoms with Gasteiger partial charge in [0, 0.05) is 11.3 Å². The highest BCUT2D eigenvalue weighted by Crippen LogP contribution is 2.10. The average molecular weight is 214 g/mol. The van der Waals surface area contributed by atoms with Crippen LogP contribution in [-0.4, -0.2) is 20.6 Å². The summed E-state index contributed by atoms with van der Waals surface area (Å²) in [5.41, 5.74) is 5.75. The Labute approximate surface area is 82.0 Å². The molecule has 6 heteroatoms. The summed E-state index contributed by atoms with van der Waals surface area (Å²) < 4.78 is 23.9. The van der Waals surface area contributed by atoms with E-state index in [-0.39, 0.29) is 0 Å². The third-order valence-electron chi connectivity index (χ3n) is 1.47. The van der Waals surface area contributed by atoms with Crippen molar-refractivity contribution in [3.63, 3.8) is 0 Å². The number of carbonyl (C=O) groups excluding carboxylic acids is 1. The van der Waals surface area contributed by atoms with Crippen LogP contribution in [0.25, 0.3) is 0 Å². The van der Waals surface area contributed by atoms with Crippen molar-refractivity contribution in [3.8, 4) is 0 Å². The fourth-order valence-electron chi connectivity index (χ4n) is 0.917. The normalized spacial score (nSPS) is 10.9. The first-order valence-corrected chi connectivity index (χ1v) is 5.65. The Bertz CT molecular complexity index is 436. The second-order valence-corrected chi connectivity index (χ2v) is 4.56. The molecular formula is C8H10N2O3S. The molecule has 0 saturated carbocycles. The van der Waals surface area contributed by atoms with Crippen LogP contribution in [0.4, 0.5) is 5.69 Å². The summed E-state index contributed by atoms with van der Waals surface area (Å²) >= 11 is 0. The van der Waals surface area contributed by atoms with Gasteiger partial charge in [-0.1, -0.05) is 0 Å². The molecule has 0 atom stereocenters. The van der Waals surface area contributed by atoms with Crippen LogP contribution in [-0.2, 0) is 10.0 Å². The highest BCUT2D eigenvalue weighted by molar-refractivity contribution is 7.92. The van der Waals surface area contributed by atoms with Crippen molar-refractivity contribution >= 4 is 21.6 Å². The topological polar surface area (TPSA) is 89.3 Å². The fourth-order valence-corrected chi connectivity index (χ4v) is 1.48. The molecule has 0 heterocycles. The highest BCUT2D eigenvalue weighted by atomic mass is 32.2. The Morgan fingerprint density at radius 2 is 1.79 bits per heavy atom. The zero-order chi connectivity index (χ0) is 10.8. The van der Waals surface area contributed by atoms with E-state index >= 15 is 0 Å². The number of nitrogens with two attached hydrogens (primary N) is 1. The lowest BCUT2D eigenvalue weighted by Gasteiger charge is -2.03. The van der Waals surface area contributed by atoms with Crippen LogP contribution in [0.1, 0.15) is 10.4 Å². The molecule has 0 fully saturated rings. The molecule has 3 N–H and O–H groups in total. The number of benzene rings is 1.